The Kier molecular flexibility index (Phi) is 7.45. The monoisotopic (exact) mass is 501 g/mol. The van der Waals surface area contributed by atoms with E-state index in [2.05, 4.69) is 4.98 Å². The van der Waals surface area contributed by atoms with Crippen molar-refractivity contribution in [3.8, 4) is 5.75 Å². The van der Waals surface area contributed by atoms with Gasteiger partial charge in [0.2, 0.25) is 0 Å². The quantitative estimate of drug-likeness (QED) is 0.313. The molecule has 4 nitrogen and oxygen atoms in total. The Hall–Kier alpha value is -3.32. The minimum atomic E-state index is -4.39. The minimum Gasteiger partial charge on any atom is -0.487 e. The van der Waals surface area contributed by atoms with E-state index in [9.17, 15) is 18.0 Å². The van der Waals surface area contributed by atoms with E-state index in [4.69, 9.17) is 21.1 Å². The zero-order valence-electron chi connectivity index (χ0n) is 19.0. The molecule has 0 saturated carbocycles. The van der Waals surface area contributed by atoms with Crippen LogP contribution in [0.1, 0.15) is 59.1 Å². The van der Waals surface area contributed by atoms with Gasteiger partial charge in [-0.1, -0.05) is 41.9 Å². The summed E-state index contributed by atoms with van der Waals surface area (Å²) in [6.07, 6.45) is -1.93. The van der Waals surface area contributed by atoms with Crippen molar-refractivity contribution < 1.29 is 27.4 Å². The number of pyridine rings is 1. The molecule has 2 aromatic carbocycles. The molecule has 0 N–H and O–H groups in total. The number of benzene rings is 2. The molecule has 0 unspecified atom stereocenters. The molecule has 3 aromatic rings. The maximum absolute atomic E-state index is 12.8. The van der Waals surface area contributed by atoms with E-state index < -0.39 is 17.7 Å². The first-order chi connectivity index (χ1) is 16.8. The SMILES string of the molecule is CCOC(=O)c1cccc(C2=C(c3cccc(Cl)c3OCc3ccc(C(F)(F)F)cc3)CCC2)n1. The Balaban J connectivity index is 1.64. The highest BCUT2D eigenvalue weighted by atomic mass is 35.5. The number of para-hydroxylation sites is 1. The van der Waals surface area contributed by atoms with Crippen molar-refractivity contribution in [2.24, 2.45) is 0 Å². The molecule has 0 fully saturated rings. The van der Waals surface area contributed by atoms with E-state index in [1.807, 2.05) is 18.2 Å². The minimum absolute atomic E-state index is 0.0636. The van der Waals surface area contributed by atoms with E-state index in [-0.39, 0.29) is 18.9 Å². The standard InChI is InChI=1S/C27H23ClF3NO3/c1-2-34-26(33)24-11-5-10-23(32-24)20-7-3-6-19(20)21-8-4-9-22(28)25(21)35-16-17-12-14-18(15-13-17)27(29,30)31/h4-5,8-15H,2-3,6-7,16H2,1H3. The van der Waals surface area contributed by atoms with Gasteiger partial charge in [0.1, 0.15) is 18.1 Å². The Labute approximate surface area is 206 Å². The molecule has 1 aliphatic rings. The van der Waals surface area contributed by atoms with Crippen molar-refractivity contribution >= 4 is 28.7 Å². The van der Waals surface area contributed by atoms with Crippen LogP contribution in [0.3, 0.4) is 0 Å². The summed E-state index contributed by atoms with van der Waals surface area (Å²) in [4.78, 5) is 16.7. The number of nitrogens with zero attached hydrogens (tertiary/aromatic N) is 1. The number of ether oxygens (including phenoxy) is 2. The topological polar surface area (TPSA) is 48.4 Å². The van der Waals surface area contributed by atoms with Crippen molar-refractivity contribution in [1.29, 1.82) is 0 Å². The molecule has 0 atom stereocenters. The van der Waals surface area contributed by atoms with Gasteiger partial charge in [-0.05, 0) is 73.2 Å². The zero-order valence-corrected chi connectivity index (χ0v) is 19.7. The van der Waals surface area contributed by atoms with Crippen LogP contribution in [-0.4, -0.2) is 17.6 Å². The lowest BCUT2D eigenvalue weighted by Gasteiger charge is -2.16. The Bertz CT molecular complexity index is 1250. The van der Waals surface area contributed by atoms with Gasteiger partial charge in [0.15, 0.2) is 0 Å². The number of alkyl halides is 3. The predicted octanol–water partition coefficient (Wildman–Crippen LogP) is 7.60. The molecule has 0 amide bonds. The van der Waals surface area contributed by atoms with Gasteiger partial charge >= 0.3 is 12.1 Å². The number of hydrogen-bond donors (Lipinski definition) is 0. The Morgan fingerprint density at radius 2 is 1.71 bits per heavy atom. The molecule has 0 saturated heterocycles. The Morgan fingerprint density at radius 1 is 1.00 bits per heavy atom. The fourth-order valence-electron chi connectivity index (χ4n) is 4.08. The Morgan fingerprint density at radius 3 is 2.43 bits per heavy atom. The van der Waals surface area contributed by atoms with E-state index in [1.165, 1.54) is 12.1 Å². The van der Waals surface area contributed by atoms with Crippen LogP contribution < -0.4 is 4.74 Å². The summed E-state index contributed by atoms with van der Waals surface area (Å²) in [6.45, 7) is 2.07. The van der Waals surface area contributed by atoms with Crippen LogP contribution in [0, 0.1) is 0 Å². The molecule has 8 heteroatoms. The molecule has 1 aromatic heterocycles. The fraction of sp³-hybridized carbons (Fsp3) is 0.259. The summed E-state index contributed by atoms with van der Waals surface area (Å²) in [5.41, 5.74) is 3.64. The molecule has 0 aliphatic heterocycles. The second-order valence-corrected chi connectivity index (χ2v) is 8.45. The summed E-state index contributed by atoms with van der Waals surface area (Å²) in [6, 6.07) is 15.6. The summed E-state index contributed by atoms with van der Waals surface area (Å²) >= 11 is 6.48. The average molecular weight is 502 g/mol. The lowest BCUT2D eigenvalue weighted by Crippen LogP contribution is -2.08. The lowest BCUT2D eigenvalue weighted by atomic mass is 9.98. The van der Waals surface area contributed by atoms with Gasteiger partial charge < -0.3 is 9.47 Å². The highest BCUT2D eigenvalue weighted by Gasteiger charge is 2.30. The largest absolute Gasteiger partial charge is 0.487 e. The van der Waals surface area contributed by atoms with Gasteiger partial charge in [-0.25, -0.2) is 9.78 Å². The molecular weight excluding hydrogens is 479 g/mol. The highest BCUT2D eigenvalue weighted by molar-refractivity contribution is 6.32. The molecule has 182 valence electrons. The van der Waals surface area contributed by atoms with Crippen LogP contribution in [0.2, 0.25) is 5.02 Å². The third-order valence-electron chi connectivity index (χ3n) is 5.72. The van der Waals surface area contributed by atoms with E-state index in [1.54, 1.807) is 25.1 Å². The number of rotatable bonds is 7. The number of halogens is 4. The van der Waals surface area contributed by atoms with E-state index in [0.29, 0.717) is 22.0 Å². The van der Waals surface area contributed by atoms with Crippen molar-refractivity contribution in [3.63, 3.8) is 0 Å². The van der Waals surface area contributed by atoms with Gasteiger partial charge in [0.05, 0.1) is 22.9 Å². The van der Waals surface area contributed by atoms with Gasteiger partial charge in [0, 0.05) is 5.56 Å². The molecule has 1 aliphatic carbocycles. The van der Waals surface area contributed by atoms with Gasteiger partial charge in [0.25, 0.3) is 0 Å². The van der Waals surface area contributed by atoms with Crippen LogP contribution in [0.15, 0.2) is 60.7 Å². The molecule has 1 heterocycles. The third kappa shape index (κ3) is 5.68. The molecule has 0 radical (unpaired) electrons. The van der Waals surface area contributed by atoms with Crippen molar-refractivity contribution in [2.45, 2.75) is 39.0 Å². The zero-order chi connectivity index (χ0) is 25.0. The normalized spacial score (nSPS) is 13.7. The van der Waals surface area contributed by atoms with E-state index >= 15 is 0 Å². The first-order valence-electron chi connectivity index (χ1n) is 11.2. The molecule has 35 heavy (non-hydrogen) atoms. The first kappa shape index (κ1) is 24.8. The highest BCUT2D eigenvalue weighted by Crippen LogP contribution is 2.44. The van der Waals surface area contributed by atoms with Gasteiger partial charge in [-0.15, -0.1) is 0 Å². The second kappa shape index (κ2) is 10.5. The molecule has 0 spiro atoms. The fourth-order valence-corrected chi connectivity index (χ4v) is 4.31. The number of carbonyl (C=O) groups is 1. The van der Waals surface area contributed by atoms with Gasteiger partial charge in [-0.3, -0.25) is 0 Å². The van der Waals surface area contributed by atoms with Crippen LogP contribution >= 0.6 is 11.6 Å². The summed E-state index contributed by atoms with van der Waals surface area (Å²) in [7, 11) is 0. The summed E-state index contributed by atoms with van der Waals surface area (Å²) < 4.78 is 49.6. The molecular formula is C27H23ClF3NO3. The maximum Gasteiger partial charge on any atom is 0.416 e. The third-order valence-corrected chi connectivity index (χ3v) is 6.01. The van der Waals surface area contributed by atoms with Crippen molar-refractivity contribution in [2.75, 3.05) is 6.61 Å². The lowest BCUT2D eigenvalue weighted by molar-refractivity contribution is -0.137. The number of carbonyl (C=O) groups excluding carboxylic acids is 1. The van der Waals surface area contributed by atoms with Crippen LogP contribution in [-0.2, 0) is 17.5 Å². The number of allylic oxidation sites excluding steroid dienone is 2. The van der Waals surface area contributed by atoms with Crippen molar-refractivity contribution in [1.82, 2.24) is 4.98 Å². The summed E-state index contributed by atoms with van der Waals surface area (Å²) in [5, 5.41) is 0.404. The number of esters is 1. The second-order valence-electron chi connectivity index (χ2n) is 8.04. The predicted molar refractivity (Wildman–Crippen MR) is 128 cm³/mol. The maximum atomic E-state index is 12.8. The first-order valence-corrected chi connectivity index (χ1v) is 11.6. The van der Waals surface area contributed by atoms with Crippen molar-refractivity contribution in [3.05, 3.63) is 93.8 Å². The number of aromatic nitrogens is 1. The summed E-state index contributed by atoms with van der Waals surface area (Å²) in [5.74, 6) is -0.0113. The molecule has 4 rings (SSSR count). The van der Waals surface area contributed by atoms with Gasteiger partial charge in [-0.2, -0.15) is 13.2 Å². The van der Waals surface area contributed by atoms with Crippen LogP contribution in [0.4, 0.5) is 13.2 Å². The van der Waals surface area contributed by atoms with Crippen LogP contribution in [0.5, 0.6) is 5.75 Å². The molecule has 0 bridgehead atoms. The van der Waals surface area contributed by atoms with Crippen LogP contribution in [0.25, 0.3) is 11.1 Å². The van der Waals surface area contributed by atoms with E-state index in [0.717, 1.165) is 48.1 Å². The smallest absolute Gasteiger partial charge is 0.416 e. The number of hydrogen-bond acceptors (Lipinski definition) is 4. The average Bonchev–Trinajstić information content (AvgIpc) is 3.33.